The molecule has 1 aromatic carbocycles. The molecule has 0 aliphatic carbocycles. The maximum Gasteiger partial charge on any atom is 0.120 e. The van der Waals surface area contributed by atoms with Crippen molar-refractivity contribution >= 4 is 11.6 Å². The van der Waals surface area contributed by atoms with Crippen LogP contribution in [0.4, 0.5) is 0 Å². The van der Waals surface area contributed by atoms with Crippen LogP contribution in [0, 0.1) is 0 Å². The summed E-state index contributed by atoms with van der Waals surface area (Å²) in [5.41, 5.74) is 0.897. The van der Waals surface area contributed by atoms with E-state index in [-0.39, 0.29) is 0 Å². The molecule has 114 valence electrons. The molecule has 0 fully saturated rings. The summed E-state index contributed by atoms with van der Waals surface area (Å²) in [4.78, 5) is 0. The number of aromatic nitrogens is 3. The summed E-state index contributed by atoms with van der Waals surface area (Å²) in [6.07, 6.45) is 1.90. The first kappa shape index (κ1) is 15.8. The normalized spacial score (nSPS) is 10.8. The number of nitrogens with one attached hydrogen (secondary N) is 1. The molecule has 0 radical (unpaired) electrons. The SMILES string of the molecule is COCCNCc1cn(CCOc2cccc(Cl)c2)nn1. The van der Waals surface area contributed by atoms with Crippen LogP contribution in [-0.4, -0.2) is 41.9 Å². The fraction of sp³-hybridized carbons (Fsp3) is 0.429. The molecule has 0 spiro atoms. The van der Waals surface area contributed by atoms with Gasteiger partial charge in [0.1, 0.15) is 12.4 Å². The van der Waals surface area contributed by atoms with Crippen molar-refractivity contribution in [3.63, 3.8) is 0 Å². The van der Waals surface area contributed by atoms with Gasteiger partial charge in [-0.15, -0.1) is 5.10 Å². The molecule has 0 aliphatic heterocycles. The van der Waals surface area contributed by atoms with Gasteiger partial charge in [-0.1, -0.05) is 22.9 Å². The number of methoxy groups -OCH3 is 1. The summed E-state index contributed by atoms with van der Waals surface area (Å²) in [6, 6.07) is 7.33. The zero-order valence-electron chi connectivity index (χ0n) is 12.0. The lowest BCUT2D eigenvalue weighted by Crippen LogP contribution is -2.18. The molecule has 1 heterocycles. The molecule has 0 saturated heterocycles. The Morgan fingerprint density at radius 1 is 1.33 bits per heavy atom. The molecule has 0 unspecified atom stereocenters. The average Bonchev–Trinajstić information content (AvgIpc) is 2.92. The summed E-state index contributed by atoms with van der Waals surface area (Å²) >= 11 is 5.89. The van der Waals surface area contributed by atoms with Gasteiger partial charge in [0.05, 0.1) is 18.8 Å². The molecule has 6 nitrogen and oxygen atoms in total. The van der Waals surface area contributed by atoms with Gasteiger partial charge in [-0.05, 0) is 18.2 Å². The summed E-state index contributed by atoms with van der Waals surface area (Å²) < 4.78 is 12.3. The first-order chi connectivity index (χ1) is 10.3. The summed E-state index contributed by atoms with van der Waals surface area (Å²) in [5.74, 6) is 0.754. The largest absolute Gasteiger partial charge is 0.492 e. The minimum atomic E-state index is 0.514. The Labute approximate surface area is 129 Å². The lowest BCUT2D eigenvalue weighted by Gasteiger charge is -2.05. The lowest BCUT2D eigenvalue weighted by atomic mass is 10.3. The molecular weight excluding hydrogens is 292 g/mol. The Hall–Kier alpha value is -1.63. The van der Waals surface area contributed by atoms with E-state index < -0.39 is 0 Å². The zero-order chi connectivity index (χ0) is 14.9. The van der Waals surface area contributed by atoms with E-state index in [0.29, 0.717) is 31.3 Å². The van der Waals surface area contributed by atoms with Crippen molar-refractivity contribution in [3.05, 3.63) is 41.2 Å². The van der Waals surface area contributed by atoms with Gasteiger partial charge in [-0.25, -0.2) is 4.68 Å². The third kappa shape index (κ3) is 5.71. The van der Waals surface area contributed by atoms with Crippen LogP contribution in [-0.2, 0) is 17.8 Å². The molecule has 1 N–H and O–H groups in total. The van der Waals surface area contributed by atoms with Gasteiger partial charge in [0.25, 0.3) is 0 Å². The van der Waals surface area contributed by atoms with Crippen molar-refractivity contribution in [1.82, 2.24) is 20.3 Å². The summed E-state index contributed by atoms with van der Waals surface area (Å²) in [6.45, 7) is 3.30. The summed E-state index contributed by atoms with van der Waals surface area (Å²) in [5, 5.41) is 12.0. The second kappa shape index (κ2) is 8.61. The monoisotopic (exact) mass is 310 g/mol. The average molecular weight is 311 g/mol. The number of ether oxygens (including phenoxy) is 2. The highest BCUT2D eigenvalue weighted by Crippen LogP contribution is 2.16. The molecule has 0 saturated carbocycles. The molecule has 2 aromatic rings. The predicted octanol–water partition coefficient (Wildman–Crippen LogP) is 1.75. The molecule has 0 atom stereocenters. The number of halogens is 1. The van der Waals surface area contributed by atoms with Gasteiger partial charge in [0.15, 0.2) is 0 Å². The van der Waals surface area contributed by atoms with Crippen molar-refractivity contribution in [2.24, 2.45) is 0 Å². The van der Waals surface area contributed by atoms with E-state index >= 15 is 0 Å². The zero-order valence-corrected chi connectivity index (χ0v) is 12.7. The second-order valence-electron chi connectivity index (χ2n) is 4.45. The number of nitrogens with zero attached hydrogens (tertiary/aromatic N) is 3. The smallest absolute Gasteiger partial charge is 0.120 e. The van der Waals surface area contributed by atoms with E-state index in [1.807, 2.05) is 24.4 Å². The second-order valence-corrected chi connectivity index (χ2v) is 4.88. The van der Waals surface area contributed by atoms with Crippen molar-refractivity contribution in [2.45, 2.75) is 13.1 Å². The lowest BCUT2D eigenvalue weighted by molar-refractivity contribution is 0.199. The Balaban J connectivity index is 1.70. The first-order valence-corrected chi connectivity index (χ1v) is 7.13. The highest BCUT2D eigenvalue weighted by molar-refractivity contribution is 6.30. The first-order valence-electron chi connectivity index (χ1n) is 6.75. The minimum Gasteiger partial charge on any atom is -0.492 e. The van der Waals surface area contributed by atoms with E-state index in [2.05, 4.69) is 15.6 Å². The van der Waals surface area contributed by atoms with Crippen molar-refractivity contribution in [1.29, 1.82) is 0 Å². The van der Waals surface area contributed by atoms with Crippen molar-refractivity contribution < 1.29 is 9.47 Å². The molecule has 2 rings (SSSR count). The van der Waals surface area contributed by atoms with Crippen molar-refractivity contribution in [2.75, 3.05) is 26.9 Å². The molecule has 0 amide bonds. The topological polar surface area (TPSA) is 61.2 Å². The standard InChI is InChI=1S/C14H19ClN4O2/c1-20-7-5-16-10-13-11-19(18-17-13)6-8-21-14-4-2-3-12(15)9-14/h2-4,9,11,16H,5-8,10H2,1H3. The maximum absolute atomic E-state index is 5.89. The molecule has 0 aliphatic rings. The highest BCUT2D eigenvalue weighted by Gasteiger charge is 2.01. The fourth-order valence-electron chi connectivity index (χ4n) is 1.73. The van der Waals surface area contributed by atoms with Crippen LogP contribution in [0.15, 0.2) is 30.5 Å². The quantitative estimate of drug-likeness (QED) is 0.715. The molecule has 0 bridgehead atoms. The predicted molar refractivity (Wildman–Crippen MR) is 80.6 cm³/mol. The van der Waals surface area contributed by atoms with E-state index in [4.69, 9.17) is 21.1 Å². The summed E-state index contributed by atoms with van der Waals surface area (Å²) in [7, 11) is 1.68. The van der Waals surface area contributed by atoms with E-state index in [0.717, 1.165) is 18.0 Å². The van der Waals surface area contributed by atoms with Crippen LogP contribution >= 0.6 is 11.6 Å². The molecule has 7 heteroatoms. The fourth-order valence-corrected chi connectivity index (χ4v) is 1.91. The molecule has 21 heavy (non-hydrogen) atoms. The van der Waals surface area contributed by atoms with Gasteiger partial charge in [-0.2, -0.15) is 0 Å². The Kier molecular flexibility index (Phi) is 6.46. The van der Waals surface area contributed by atoms with E-state index in [1.54, 1.807) is 17.9 Å². The number of benzene rings is 1. The number of hydrogen-bond donors (Lipinski definition) is 1. The van der Waals surface area contributed by atoms with Gasteiger partial charge in [0, 0.05) is 31.4 Å². The third-order valence-corrected chi connectivity index (χ3v) is 3.00. The van der Waals surface area contributed by atoms with Crippen LogP contribution in [0.3, 0.4) is 0 Å². The van der Waals surface area contributed by atoms with Gasteiger partial charge >= 0.3 is 0 Å². The minimum absolute atomic E-state index is 0.514. The Morgan fingerprint density at radius 3 is 3.05 bits per heavy atom. The molecule has 1 aromatic heterocycles. The Bertz CT molecular complexity index is 547. The van der Waals surface area contributed by atoms with E-state index in [9.17, 15) is 0 Å². The molecular formula is C14H19ClN4O2. The van der Waals surface area contributed by atoms with Crippen LogP contribution in [0.1, 0.15) is 5.69 Å². The van der Waals surface area contributed by atoms with Crippen LogP contribution in [0.5, 0.6) is 5.75 Å². The Morgan fingerprint density at radius 2 is 2.24 bits per heavy atom. The van der Waals surface area contributed by atoms with Crippen LogP contribution in [0.2, 0.25) is 5.02 Å². The van der Waals surface area contributed by atoms with Gasteiger partial charge < -0.3 is 14.8 Å². The van der Waals surface area contributed by atoms with Crippen molar-refractivity contribution in [3.8, 4) is 5.75 Å². The van der Waals surface area contributed by atoms with Crippen LogP contribution in [0.25, 0.3) is 0 Å². The third-order valence-electron chi connectivity index (χ3n) is 2.76. The highest BCUT2D eigenvalue weighted by atomic mass is 35.5. The van der Waals surface area contributed by atoms with Crippen LogP contribution < -0.4 is 10.1 Å². The maximum atomic E-state index is 5.89. The van der Waals surface area contributed by atoms with Gasteiger partial charge in [0.2, 0.25) is 0 Å². The number of rotatable bonds is 9. The number of hydrogen-bond acceptors (Lipinski definition) is 5. The van der Waals surface area contributed by atoms with E-state index in [1.165, 1.54) is 0 Å². The van der Waals surface area contributed by atoms with Gasteiger partial charge in [-0.3, -0.25) is 0 Å².